The molecule has 1 N–H and O–H groups in total. The maximum Gasteiger partial charge on any atom is 0.245 e. The highest BCUT2D eigenvalue weighted by Crippen LogP contribution is 2.35. The Hall–Kier alpha value is -1.59. The van der Waals surface area contributed by atoms with Crippen LogP contribution in [0, 0.1) is 5.41 Å². The van der Waals surface area contributed by atoms with Crippen molar-refractivity contribution in [2.45, 2.75) is 45.1 Å². The normalized spacial score (nSPS) is 22.5. The molecule has 0 spiro atoms. The summed E-state index contributed by atoms with van der Waals surface area (Å²) in [5.74, 6) is 0.0426. The second-order valence-corrected chi connectivity index (χ2v) is 8.09. The van der Waals surface area contributed by atoms with Crippen LogP contribution in [0.3, 0.4) is 0 Å². The summed E-state index contributed by atoms with van der Waals surface area (Å²) in [6.45, 7) is 3.59. The summed E-state index contributed by atoms with van der Waals surface area (Å²) in [6, 6.07) is 7.44. The van der Waals surface area contributed by atoms with E-state index in [2.05, 4.69) is 0 Å². The van der Waals surface area contributed by atoms with E-state index >= 15 is 0 Å². The van der Waals surface area contributed by atoms with Crippen LogP contribution in [0.4, 0.5) is 0 Å². The van der Waals surface area contributed by atoms with Crippen LogP contribution < -0.4 is 0 Å². The number of carbonyl (C=O) groups excluding carboxylic acids is 2. The minimum absolute atomic E-state index is 0.0229. The molecule has 2 aliphatic rings. The lowest BCUT2D eigenvalue weighted by Gasteiger charge is -2.42. The topological polar surface area (TPSA) is 60.9 Å². The van der Waals surface area contributed by atoms with Crippen LogP contribution in [0.25, 0.3) is 0 Å². The van der Waals surface area contributed by atoms with Crippen molar-refractivity contribution in [3.05, 3.63) is 34.9 Å². The Morgan fingerprint density at radius 2 is 1.85 bits per heavy atom. The summed E-state index contributed by atoms with van der Waals surface area (Å²) < 4.78 is 0. The first-order chi connectivity index (χ1) is 12.4. The average molecular weight is 379 g/mol. The molecule has 1 atom stereocenters. The lowest BCUT2D eigenvalue weighted by atomic mass is 9.74. The molecule has 1 aromatic carbocycles. The summed E-state index contributed by atoms with van der Waals surface area (Å²) in [5.41, 5.74) is 0.961. The molecular formula is C20H27ClN2O3. The zero-order valence-electron chi connectivity index (χ0n) is 15.3. The average Bonchev–Trinajstić information content (AvgIpc) is 3.14. The van der Waals surface area contributed by atoms with Crippen molar-refractivity contribution in [3.63, 3.8) is 0 Å². The number of nitrogens with zero attached hydrogens (tertiary/aromatic N) is 2. The Balaban J connectivity index is 1.62. The van der Waals surface area contributed by atoms with Crippen molar-refractivity contribution < 1.29 is 14.7 Å². The van der Waals surface area contributed by atoms with Gasteiger partial charge >= 0.3 is 0 Å². The van der Waals surface area contributed by atoms with E-state index in [1.54, 1.807) is 4.90 Å². The Morgan fingerprint density at radius 1 is 1.19 bits per heavy atom. The van der Waals surface area contributed by atoms with E-state index in [1.165, 1.54) is 6.92 Å². The van der Waals surface area contributed by atoms with E-state index in [9.17, 15) is 14.7 Å². The Morgan fingerprint density at radius 3 is 2.42 bits per heavy atom. The van der Waals surface area contributed by atoms with Crippen LogP contribution in [0.5, 0.6) is 0 Å². The minimum atomic E-state index is -0.301. The predicted molar refractivity (Wildman–Crippen MR) is 101 cm³/mol. The molecule has 6 heteroatoms. The van der Waals surface area contributed by atoms with E-state index in [0.29, 0.717) is 24.7 Å². The smallest absolute Gasteiger partial charge is 0.245 e. The number of aliphatic hydroxyl groups excluding tert-OH is 1. The van der Waals surface area contributed by atoms with Crippen molar-refractivity contribution in [3.8, 4) is 0 Å². The van der Waals surface area contributed by atoms with Gasteiger partial charge in [-0.05, 0) is 49.8 Å². The van der Waals surface area contributed by atoms with Gasteiger partial charge in [0.25, 0.3) is 0 Å². The molecule has 0 saturated carbocycles. The Kier molecular flexibility index (Phi) is 5.88. The largest absolute Gasteiger partial charge is 0.396 e. The number of likely N-dealkylation sites (tertiary alicyclic amines) is 2. The lowest BCUT2D eigenvalue weighted by molar-refractivity contribution is -0.144. The van der Waals surface area contributed by atoms with Gasteiger partial charge in [-0.15, -0.1) is 0 Å². The monoisotopic (exact) mass is 378 g/mol. The molecule has 142 valence electrons. The first-order valence-electron chi connectivity index (χ1n) is 9.35. The van der Waals surface area contributed by atoms with Gasteiger partial charge in [0, 0.05) is 43.6 Å². The van der Waals surface area contributed by atoms with Crippen molar-refractivity contribution >= 4 is 23.4 Å². The number of aliphatic hydroxyl groups is 1. The maximum atomic E-state index is 12.9. The molecule has 2 aliphatic heterocycles. The first-order valence-corrected chi connectivity index (χ1v) is 9.73. The van der Waals surface area contributed by atoms with Gasteiger partial charge in [-0.25, -0.2) is 0 Å². The SMILES string of the molecule is CC(=O)N1CCC[C@H]1C(=O)N1CCC(CO)(Cc2ccc(Cl)cc2)CC1. The molecule has 2 amide bonds. The summed E-state index contributed by atoms with van der Waals surface area (Å²) in [4.78, 5) is 28.2. The van der Waals surface area contributed by atoms with Crippen molar-refractivity contribution in [1.82, 2.24) is 9.80 Å². The third-order valence-corrected chi connectivity index (χ3v) is 6.16. The van der Waals surface area contributed by atoms with E-state index in [1.807, 2.05) is 29.2 Å². The maximum absolute atomic E-state index is 12.9. The Labute approximate surface area is 159 Å². The van der Waals surface area contributed by atoms with Gasteiger partial charge in [0.2, 0.25) is 11.8 Å². The summed E-state index contributed by atoms with van der Waals surface area (Å²) in [6.07, 6.45) is 3.97. The molecule has 0 radical (unpaired) electrons. The van der Waals surface area contributed by atoms with Crippen molar-refractivity contribution in [2.75, 3.05) is 26.2 Å². The van der Waals surface area contributed by atoms with Crippen LogP contribution in [-0.2, 0) is 16.0 Å². The molecule has 0 aromatic heterocycles. The number of rotatable bonds is 4. The number of amides is 2. The molecule has 1 aromatic rings. The fourth-order valence-corrected chi connectivity index (χ4v) is 4.36. The Bertz CT molecular complexity index is 654. The zero-order valence-corrected chi connectivity index (χ0v) is 16.0. The van der Waals surface area contributed by atoms with E-state index in [4.69, 9.17) is 11.6 Å². The summed E-state index contributed by atoms with van der Waals surface area (Å²) in [7, 11) is 0. The third kappa shape index (κ3) is 4.04. The number of benzene rings is 1. The van der Waals surface area contributed by atoms with Gasteiger partial charge in [0.1, 0.15) is 6.04 Å². The highest BCUT2D eigenvalue weighted by atomic mass is 35.5. The number of piperidine rings is 1. The molecule has 3 rings (SSSR count). The molecule has 2 fully saturated rings. The van der Waals surface area contributed by atoms with Gasteiger partial charge < -0.3 is 14.9 Å². The highest BCUT2D eigenvalue weighted by Gasteiger charge is 2.40. The predicted octanol–water partition coefficient (Wildman–Crippen LogP) is 2.49. The standard InChI is InChI=1S/C20H27ClN2O3/c1-15(25)23-10-2-3-18(23)19(26)22-11-8-20(14-24,9-12-22)13-16-4-6-17(21)7-5-16/h4-7,18,24H,2-3,8-14H2,1H3/t18-/m0/s1. The van der Waals surface area contributed by atoms with Gasteiger partial charge in [-0.2, -0.15) is 0 Å². The molecule has 0 aliphatic carbocycles. The van der Waals surface area contributed by atoms with Crippen LogP contribution in [0.2, 0.25) is 5.02 Å². The summed E-state index contributed by atoms with van der Waals surface area (Å²) in [5, 5.41) is 10.7. The second-order valence-electron chi connectivity index (χ2n) is 7.66. The number of halogens is 1. The van der Waals surface area contributed by atoms with E-state index in [0.717, 1.165) is 37.7 Å². The summed E-state index contributed by atoms with van der Waals surface area (Å²) >= 11 is 5.95. The second kappa shape index (κ2) is 7.97. The third-order valence-electron chi connectivity index (χ3n) is 5.91. The highest BCUT2D eigenvalue weighted by molar-refractivity contribution is 6.30. The molecular weight excluding hydrogens is 352 g/mol. The van der Waals surface area contributed by atoms with E-state index < -0.39 is 0 Å². The minimum Gasteiger partial charge on any atom is -0.396 e. The van der Waals surface area contributed by atoms with Gasteiger partial charge in [0.05, 0.1) is 0 Å². The molecule has 0 unspecified atom stereocenters. The van der Waals surface area contributed by atoms with Crippen molar-refractivity contribution in [1.29, 1.82) is 0 Å². The fraction of sp³-hybridized carbons (Fsp3) is 0.600. The van der Waals surface area contributed by atoms with Crippen LogP contribution in [-0.4, -0.2) is 59.0 Å². The van der Waals surface area contributed by atoms with E-state index in [-0.39, 0.29) is 29.9 Å². The van der Waals surface area contributed by atoms with Gasteiger partial charge in [-0.1, -0.05) is 23.7 Å². The quantitative estimate of drug-likeness (QED) is 0.875. The molecule has 0 bridgehead atoms. The molecule has 2 heterocycles. The fourth-order valence-electron chi connectivity index (χ4n) is 4.24. The number of hydrogen-bond donors (Lipinski definition) is 1. The number of hydrogen-bond acceptors (Lipinski definition) is 3. The van der Waals surface area contributed by atoms with Crippen LogP contribution in [0.1, 0.15) is 38.2 Å². The van der Waals surface area contributed by atoms with Crippen LogP contribution >= 0.6 is 11.6 Å². The molecule has 2 saturated heterocycles. The van der Waals surface area contributed by atoms with Gasteiger partial charge in [-0.3, -0.25) is 9.59 Å². The first kappa shape index (κ1) is 19.2. The number of carbonyl (C=O) groups is 2. The lowest BCUT2D eigenvalue weighted by Crippen LogP contribution is -2.52. The van der Waals surface area contributed by atoms with Crippen LogP contribution in [0.15, 0.2) is 24.3 Å². The molecule has 26 heavy (non-hydrogen) atoms. The molecule has 5 nitrogen and oxygen atoms in total. The zero-order chi connectivity index (χ0) is 18.7. The van der Waals surface area contributed by atoms with Gasteiger partial charge in [0.15, 0.2) is 0 Å². The van der Waals surface area contributed by atoms with Crippen molar-refractivity contribution in [2.24, 2.45) is 5.41 Å².